The van der Waals surface area contributed by atoms with Crippen molar-refractivity contribution in [2.24, 2.45) is 5.92 Å². The minimum absolute atomic E-state index is 0.119. The molecule has 1 saturated heterocycles. The summed E-state index contributed by atoms with van der Waals surface area (Å²) in [7, 11) is 1.62. The zero-order valence-corrected chi connectivity index (χ0v) is 18.2. The molecule has 3 aromatic heterocycles. The number of aryl methyl sites for hydroxylation is 2. The van der Waals surface area contributed by atoms with Crippen LogP contribution >= 0.6 is 0 Å². The Labute approximate surface area is 180 Å². The lowest BCUT2D eigenvalue weighted by Crippen LogP contribution is -2.28. The van der Waals surface area contributed by atoms with Gasteiger partial charge in [0.25, 0.3) is 5.56 Å². The molecule has 31 heavy (non-hydrogen) atoms. The van der Waals surface area contributed by atoms with Crippen LogP contribution < -0.4 is 10.3 Å². The number of hydrogen-bond donors (Lipinski definition) is 1. The molecule has 1 aromatic carbocycles. The van der Waals surface area contributed by atoms with Gasteiger partial charge in [0.15, 0.2) is 0 Å². The summed E-state index contributed by atoms with van der Waals surface area (Å²) in [5.74, 6) is 0.935. The number of nitrogens with one attached hydrogen (secondary N) is 1. The molecular formula is C24H26N4O3. The normalized spacial score (nSPS) is 19.2. The molecule has 1 aliphatic rings. The van der Waals surface area contributed by atoms with Gasteiger partial charge in [0.1, 0.15) is 0 Å². The number of pyridine rings is 2. The third-order valence-electron chi connectivity index (χ3n) is 6.34. The van der Waals surface area contributed by atoms with Crippen LogP contribution in [0.1, 0.15) is 30.6 Å². The van der Waals surface area contributed by atoms with E-state index in [-0.39, 0.29) is 11.6 Å². The first kappa shape index (κ1) is 19.8. The van der Waals surface area contributed by atoms with E-state index in [0.717, 1.165) is 45.2 Å². The van der Waals surface area contributed by atoms with Crippen LogP contribution in [0.2, 0.25) is 0 Å². The Hall–Kier alpha value is -3.19. The number of H-pyrrole nitrogens is 1. The van der Waals surface area contributed by atoms with E-state index in [1.165, 1.54) is 0 Å². The molecule has 1 aliphatic heterocycles. The van der Waals surface area contributed by atoms with Crippen molar-refractivity contribution in [3.8, 4) is 17.0 Å². The van der Waals surface area contributed by atoms with Crippen molar-refractivity contribution >= 4 is 21.8 Å². The van der Waals surface area contributed by atoms with Gasteiger partial charge in [-0.05, 0) is 37.5 Å². The van der Waals surface area contributed by atoms with Gasteiger partial charge in [0.05, 0.1) is 42.4 Å². The van der Waals surface area contributed by atoms with E-state index in [0.29, 0.717) is 30.4 Å². The summed E-state index contributed by atoms with van der Waals surface area (Å²) in [5, 5.41) is 6.24. The highest BCUT2D eigenvalue weighted by molar-refractivity contribution is 6.04. The van der Waals surface area contributed by atoms with Gasteiger partial charge >= 0.3 is 0 Å². The summed E-state index contributed by atoms with van der Waals surface area (Å²) in [4.78, 5) is 20.5. The molecule has 0 spiro atoms. The molecule has 0 saturated carbocycles. The Morgan fingerprint density at radius 3 is 2.81 bits per heavy atom. The summed E-state index contributed by atoms with van der Waals surface area (Å²) in [6, 6.07) is 8.35. The molecule has 2 atom stereocenters. The SMILES string of the molecule is COc1cc(C)c(-c2ccc3c(c2)[nH]c(=O)c2cnn(C4CCOCC4C)c23)c(C)n1. The van der Waals surface area contributed by atoms with Crippen molar-refractivity contribution in [2.45, 2.75) is 33.2 Å². The highest BCUT2D eigenvalue weighted by Crippen LogP contribution is 2.34. The average molecular weight is 418 g/mol. The fraction of sp³-hybridized carbons (Fsp3) is 0.375. The summed E-state index contributed by atoms with van der Waals surface area (Å²) in [5.41, 5.74) is 5.60. The van der Waals surface area contributed by atoms with Crippen molar-refractivity contribution in [1.29, 1.82) is 0 Å². The lowest BCUT2D eigenvalue weighted by Gasteiger charge is -2.29. The molecule has 0 radical (unpaired) electrons. The highest BCUT2D eigenvalue weighted by Gasteiger charge is 2.27. The van der Waals surface area contributed by atoms with E-state index in [2.05, 4.69) is 34.1 Å². The van der Waals surface area contributed by atoms with Crippen molar-refractivity contribution in [1.82, 2.24) is 19.7 Å². The fourth-order valence-electron chi connectivity index (χ4n) is 4.82. The molecule has 5 rings (SSSR count). The summed E-state index contributed by atoms with van der Waals surface area (Å²) in [6.07, 6.45) is 2.58. The highest BCUT2D eigenvalue weighted by atomic mass is 16.5. The second kappa shape index (κ2) is 7.50. The molecule has 4 heterocycles. The topological polar surface area (TPSA) is 82.0 Å². The van der Waals surface area contributed by atoms with Crippen LogP contribution in [0.3, 0.4) is 0 Å². The second-order valence-corrected chi connectivity index (χ2v) is 8.42. The van der Waals surface area contributed by atoms with Crippen LogP contribution in [0.5, 0.6) is 5.88 Å². The number of rotatable bonds is 3. The molecule has 4 aromatic rings. The Balaban J connectivity index is 1.72. The summed E-state index contributed by atoms with van der Waals surface area (Å²) in [6.45, 7) is 7.62. The number of aromatic amines is 1. The molecule has 0 amide bonds. The number of nitrogens with zero attached hydrogens (tertiary/aromatic N) is 3. The van der Waals surface area contributed by atoms with Gasteiger partial charge in [0, 0.05) is 35.2 Å². The van der Waals surface area contributed by atoms with Crippen molar-refractivity contribution in [3.63, 3.8) is 0 Å². The quantitative estimate of drug-likeness (QED) is 0.540. The standard InChI is InChI=1S/C24H26N4O3/c1-13-9-21(30-4)26-15(3)22(13)16-5-6-17-19(10-16)27-24(29)18-11-25-28(23(17)18)20-7-8-31-12-14(20)2/h5-6,9-11,14,20H,7-8,12H2,1-4H3,(H,27,29). The van der Waals surface area contributed by atoms with Gasteiger partial charge in [-0.3, -0.25) is 9.48 Å². The van der Waals surface area contributed by atoms with Gasteiger partial charge in [-0.25, -0.2) is 4.98 Å². The van der Waals surface area contributed by atoms with Crippen LogP contribution in [0.4, 0.5) is 0 Å². The van der Waals surface area contributed by atoms with Crippen molar-refractivity contribution in [2.75, 3.05) is 20.3 Å². The van der Waals surface area contributed by atoms with E-state index < -0.39 is 0 Å². The fourth-order valence-corrected chi connectivity index (χ4v) is 4.82. The van der Waals surface area contributed by atoms with E-state index in [4.69, 9.17) is 9.47 Å². The van der Waals surface area contributed by atoms with E-state index >= 15 is 0 Å². The third-order valence-corrected chi connectivity index (χ3v) is 6.34. The first-order valence-electron chi connectivity index (χ1n) is 10.6. The van der Waals surface area contributed by atoms with Gasteiger partial charge < -0.3 is 14.5 Å². The predicted octanol–water partition coefficient (Wildman–Crippen LogP) is 4.16. The number of aromatic nitrogens is 4. The van der Waals surface area contributed by atoms with E-state index in [9.17, 15) is 4.79 Å². The van der Waals surface area contributed by atoms with Crippen LogP contribution in [-0.2, 0) is 4.74 Å². The molecule has 7 heteroatoms. The third kappa shape index (κ3) is 3.20. The maximum atomic E-state index is 12.9. The van der Waals surface area contributed by atoms with Crippen LogP contribution in [0.25, 0.3) is 32.9 Å². The van der Waals surface area contributed by atoms with Crippen LogP contribution in [-0.4, -0.2) is 40.1 Å². The monoisotopic (exact) mass is 418 g/mol. The molecule has 7 nitrogen and oxygen atoms in total. The maximum Gasteiger partial charge on any atom is 0.259 e. The number of hydrogen-bond acceptors (Lipinski definition) is 5. The van der Waals surface area contributed by atoms with Gasteiger partial charge in [-0.15, -0.1) is 0 Å². The molecule has 160 valence electrons. The largest absolute Gasteiger partial charge is 0.481 e. The number of fused-ring (bicyclic) bond motifs is 3. The lowest BCUT2D eigenvalue weighted by molar-refractivity contribution is 0.0264. The second-order valence-electron chi connectivity index (χ2n) is 8.42. The molecule has 0 bridgehead atoms. The molecule has 0 aliphatic carbocycles. The number of methoxy groups -OCH3 is 1. The first-order valence-corrected chi connectivity index (χ1v) is 10.6. The Kier molecular flexibility index (Phi) is 4.78. The van der Waals surface area contributed by atoms with E-state index in [1.807, 2.05) is 30.7 Å². The lowest BCUT2D eigenvalue weighted by atomic mass is 9.96. The first-order chi connectivity index (χ1) is 15.0. The maximum absolute atomic E-state index is 12.9. The Morgan fingerprint density at radius 1 is 1.23 bits per heavy atom. The van der Waals surface area contributed by atoms with Crippen molar-refractivity contribution < 1.29 is 9.47 Å². The Bertz CT molecular complexity index is 1330. The average Bonchev–Trinajstić information content (AvgIpc) is 3.19. The zero-order chi connectivity index (χ0) is 21.7. The van der Waals surface area contributed by atoms with Gasteiger partial charge in [-0.2, -0.15) is 5.10 Å². The summed E-state index contributed by atoms with van der Waals surface area (Å²) < 4.78 is 12.9. The van der Waals surface area contributed by atoms with Crippen LogP contribution in [0, 0.1) is 19.8 Å². The molecular weight excluding hydrogens is 392 g/mol. The molecule has 1 N–H and O–H groups in total. The molecule has 1 fully saturated rings. The zero-order valence-electron chi connectivity index (χ0n) is 18.2. The van der Waals surface area contributed by atoms with Gasteiger partial charge in [0.2, 0.25) is 5.88 Å². The van der Waals surface area contributed by atoms with E-state index in [1.54, 1.807) is 13.3 Å². The minimum Gasteiger partial charge on any atom is -0.481 e. The van der Waals surface area contributed by atoms with Crippen molar-refractivity contribution in [3.05, 3.63) is 52.1 Å². The Morgan fingerprint density at radius 2 is 2.06 bits per heavy atom. The van der Waals surface area contributed by atoms with Crippen LogP contribution in [0.15, 0.2) is 35.3 Å². The number of benzene rings is 1. The predicted molar refractivity (Wildman–Crippen MR) is 121 cm³/mol. The van der Waals surface area contributed by atoms with Gasteiger partial charge in [-0.1, -0.05) is 19.1 Å². The summed E-state index contributed by atoms with van der Waals surface area (Å²) >= 11 is 0. The number of ether oxygens (including phenoxy) is 2. The smallest absolute Gasteiger partial charge is 0.259 e. The minimum atomic E-state index is -0.119. The molecule has 2 unspecified atom stereocenters.